The number of pyridine rings is 1. The molecule has 0 aliphatic rings. The minimum absolute atomic E-state index is 0.428. The summed E-state index contributed by atoms with van der Waals surface area (Å²) in [6, 6.07) is 1.92. The number of nitrogens with one attached hydrogen (secondary N) is 1. The first kappa shape index (κ1) is 15.8. The lowest BCUT2D eigenvalue weighted by Gasteiger charge is -2.18. The minimum atomic E-state index is -4.40. The molecule has 2 rings (SSSR count). The molecule has 0 bridgehead atoms. The molecule has 114 valence electrons. The molecule has 2 heterocycles. The number of rotatable bonds is 4. The molecular weight excluding hydrogens is 305 g/mol. The predicted octanol–water partition coefficient (Wildman–Crippen LogP) is 3.28. The minimum Gasteiger partial charge on any atom is -0.307 e. The highest BCUT2D eigenvalue weighted by molar-refractivity contribution is 6.31. The quantitative estimate of drug-likeness (QED) is 0.940. The fourth-order valence-electron chi connectivity index (χ4n) is 2.08. The van der Waals surface area contributed by atoms with Crippen LogP contribution in [-0.2, 0) is 12.7 Å². The smallest absolute Gasteiger partial charge is 0.307 e. The molecule has 0 aromatic carbocycles. The fraction of sp³-hybridized carbons (Fsp3) is 0.385. The molecule has 1 N–H and O–H groups in total. The third-order valence-electron chi connectivity index (χ3n) is 3.10. The van der Waals surface area contributed by atoms with E-state index < -0.39 is 17.8 Å². The van der Waals surface area contributed by atoms with Gasteiger partial charge in [0.1, 0.15) is 0 Å². The maximum atomic E-state index is 12.6. The summed E-state index contributed by atoms with van der Waals surface area (Å²) in [6.07, 6.45) is -2.07. The molecule has 2 aromatic heterocycles. The Balaban J connectivity index is 2.40. The first-order valence-corrected chi connectivity index (χ1v) is 6.67. The molecule has 0 amide bonds. The summed E-state index contributed by atoms with van der Waals surface area (Å²) in [5.41, 5.74) is 0.340. The molecule has 1 atom stereocenters. The highest BCUT2D eigenvalue weighted by Gasteiger charge is 2.31. The zero-order chi connectivity index (χ0) is 15.6. The maximum Gasteiger partial charge on any atom is 0.417 e. The summed E-state index contributed by atoms with van der Waals surface area (Å²) in [6.45, 7) is 2.50. The van der Waals surface area contributed by atoms with E-state index >= 15 is 0 Å². The van der Waals surface area contributed by atoms with Gasteiger partial charge in [0.2, 0.25) is 0 Å². The van der Waals surface area contributed by atoms with Crippen LogP contribution in [0.15, 0.2) is 24.5 Å². The molecule has 0 fully saturated rings. The van der Waals surface area contributed by atoms with Crippen LogP contribution < -0.4 is 5.32 Å². The van der Waals surface area contributed by atoms with E-state index in [1.165, 1.54) is 12.3 Å². The molecule has 0 aliphatic heterocycles. The van der Waals surface area contributed by atoms with Crippen LogP contribution in [0.1, 0.15) is 29.9 Å². The number of aryl methyl sites for hydroxylation is 1. The lowest BCUT2D eigenvalue weighted by atomic mass is 10.1. The van der Waals surface area contributed by atoms with Crippen molar-refractivity contribution in [1.29, 1.82) is 0 Å². The zero-order valence-electron chi connectivity index (χ0n) is 11.4. The van der Waals surface area contributed by atoms with Crippen molar-refractivity contribution in [2.75, 3.05) is 7.05 Å². The molecule has 21 heavy (non-hydrogen) atoms. The van der Waals surface area contributed by atoms with E-state index in [2.05, 4.69) is 15.4 Å². The van der Waals surface area contributed by atoms with Crippen molar-refractivity contribution in [3.05, 3.63) is 46.5 Å². The Morgan fingerprint density at radius 1 is 1.33 bits per heavy atom. The van der Waals surface area contributed by atoms with Crippen LogP contribution in [0.4, 0.5) is 13.2 Å². The van der Waals surface area contributed by atoms with E-state index in [1.54, 1.807) is 11.7 Å². The Labute approximate surface area is 124 Å². The summed E-state index contributed by atoms with van der Waals surface area (Å²) in [7, 11) is 1.69. The SMILES string of the molecule is CCn1ncc(Cl)c1C(NC)c1ccc(C(F)(F)F)cn1. The Hall–Kier alpha value is -1.60. The van der Waals surface area contributed by atoms with Gasteiger partial charge in [0.05, 0.1) is 34.2 Å². The summed E-state index contributed by atoms with van der Waals surface area (Å²) < 4.78 is 39.4. The van der Waals surface area contributed by atoms with Crippen molar-refractivity contribution >= 4 is 11.6 Å². The highest BCUT2D eigenvalue weighted by atomic mass is 35.5. The van der Waals surface area contributed by atoms with Gasteiger partial charge in [-0.25, -0.2) is 0 Å². The van der Waals surface area contributed by atoms with E-state index in [0.717, 1.165) is 12.3 Å². The summed E-state index contributed by atoms with van der Waals surface area (Å²) in [4.78, 5) is 3.91. The van der Waals surface area contributed by atoms with Crippen LogP contribution in [0.5, 0.6) is 0 Å². The van der Waals surface area contributed by atoms with Crippen molar-refractivity contribution < 1.29 is 13.2 Å². The number of hydrogen-bond acceptors (Lipinski definition) is 3. The summed E-state index contributed by atoms with van der Waals surface area (Å²) in [5, 5.41) is 7.57. The van der Waals surface area contributed by atoms with Gasteiger partial charge in [-0.1, -0.05) is 11.6 Å². The number of halogens is 4. The van der Waals surface area contributed by atoms with E-state index in [0.29, 0.717) is 23.0 Å². The normalized spacial score (nSPS) is 13.4. The standard InChI is InChI=1S/C13H14ClF3N4/c1-3-21-12(9(14)7-20-21)11(18-2)10-5-4-8(6-19-10)13(15,16)17/h4-7,11,18H,3H2,1-2H3. The highest BCUT2D eigenvalue weighted by Crippen LogP contribution is 2.31. The second-order valence-corrected chi connectivity index (χ2v) is 4.79. The van der Waals surface area contributed by atoms with Crippen molar-refractivity contribution in [2.24, 2.45) is 0 Å². The Morgan fingerprint density at radius 2 is 2.05 bits per heavy atom. The van der Waals surface area contributed by atoms with Crippen LogP contribution in [0.25, 0.3) is 0 Å². The number of hydrogen-bond donors (Lipinski definition) is 1. The third kappa shape index (κ3) is 3.19. The van der Waals surface area contributed by atoms with Gasteiger partial charge in [-0.3, -0.25) is 9.67 Å². The fourth-order valence-corrected chi connectivity index (χ4v) is 2.33. The van der Waals surface area contributed by atoms with Crippen molar-refractivity contribution in [3.8, 4) is 0 Å². The van der Waals surface area contributed by atoms with E-state index in [4.69, 9.17) is 11.6 Å². The van der Waals surface area contributed by atoms with Crippen molar-refractivity contribution in [2.45, 2.75) is 25.7 Å². The molecule has 0 radical (unpaired) electrons. The Bertz CT molecular complexity index is 607. The average molecular weight is 319 g/mol. The lowest BCUT2D eigenvalue weighted by molar-refractivity contribution is -0.137. The van der Waals surface area contributed by atoms with Gasteiger partial charge in [0.15, 0.2) is 0 Å². The molecule has 0 saturated heterocycles. The van der Waals surface area contributed by atoms with Gasteiger partial charge >= 0.3 is 6.18 Å². The van der Waals surface area contributed by atoms with Crippen LogP contribution in [-0.4, -0.2) is 21.8 Å². The van der Waals surface area contributed by atoms with Crippen molar-refractivity contribution in [3.63, 3.8) is 0 Å². The van der Waals surface area contributed by atoms with Crippen LogP contribution >= 0.6 is 11.6 Å². The van der Waals surface area contributed by atoms with Gasteiger partial charge in [-0.05, 0) is 26.1 Å². The number of alkyl halides is 3. The largest absolute Gasteiger partial charge is 0.417 e. The van der Waals surface area contributed by atoms with Crippen LogP contribution in [0, 0.1) is 0 Å². The Kier molecular flexibility index (Phi) is 4.53. The molecule has 0 aliphatic carbocycles. The van der Waals surface area contributed by atoms with E-state index in [1.807, 2.05) is 6.92 Å². The molecule has 4 nitrogen and oxygen atoms in total. The third-order valence-corrected chi connectivity index (χ3v) is 3.40. The predicted molar refractivity (Wildman–Crippen MR) is 73.1 cm³/mol. The van der Waals surface area contributed by atoms with Gasteiger partial charge < -0.3 is 5.32 Å². The van der Waals surface area contributed by atoms with Crippen LogP contribution in [0.3, 0.4) is 0 Å². The second kappa shape index (κ2) is 6.03. The first-order chi connectivity index (χ1) is 9.88. The molecule has 1 unspecified atom stereocenters. The molecule has 0 saturated carbocycles. The van der Waals surface area contributed by atoms with Crippen molar-refractivity contribution in [1.82, 2.24) is 20.1 Å². The molecule has 0 spiro atoms. The van der Waals surface area contributed by atoms with E-state index in [9.17, 15) is 13.2 Å². The number of nitrogens with zero attached hydrogens (tertiary/aromatic N) is 3. The monoisotopic (exact) mass is 318 g/mol. The van der Waals surface area contributed by atoms with Gasteiger partial charge in [0.25, 0.3) is 0 Å². The van der Waals surface area contributed by atoms with Gasteiger partial charge in [-0.15, -0.1) is 0 Å². The lowest BCUT2D eigenvalue weighted by Crippen LogP contribution is -2.23. The summed E-state index contributed by atoms with van der Waals surface area (Å²) >= 11 is 6.12. The van der Waals surface area contributed by atoms with Gasteiger partial charge in [0, 0.05) is 12.7 Å². The average Bonchev–Trinajstić information content (AvgIpc) is 2.81. The summed E-state index contributed by atoms with van der Waals surface area (Å²) in [5.74, 6) is 0. The Morgan fingerprint density at radius 3 is 2.52 bits per heavy atom. The topological polar surface area (TPSA) is 42.7 Å². The zero-order valence-corrected chi connectivity index (χ0v) is 12.2. The van der Waals surface area contributed by atoms with E-state index in [-0.39, 0.29) is 0 Å². The molecule has 8 heteroatoms. The van der Waals surface area contributed by atoms with Crippen LogP contribution in [0.2, 0.25) is 5.02 Å². The second-order valence-electron chi connectivity index (χ2n) is 4.38. The molecule has 2 aromatic rings. The van der Waals surface area contributed by atoms with Gasteiger partial charge in [-0.2, -0.15) is 18.3 Å². The number of aromatic nitrogens is 3. The molecular formula is C13H14ClF3N4. The first-order valence-electron chi connectivity index (χ1n) is 6.30. The maximum absolute atomic E-state index is 12.6.